The average Bonchev–Trinajstić information content (AvgIpc) is 2.71. The molecule has 0 unspecified atom stereocenters. The number of para-hydroxylation sites is 1. The predicted octanol–water partition coefficient (Wildman–Crippen LogP) is 2.89. The Hall–Kier alpha value is -3.55. The van der Waals surface area contributed by atoms with E-state index in [4.69, 9.17) is 15.2 Å². The standard InChI is InChI=1S/C22H27N3O5/c1-15(2)13-24-20(26)14-29-21(27)12-19(25-22(23)28)16-7-6-10-18(11-16)30-17-8-4-3-5-9-17/h3-11,15,19H,12-14H2,1-2H3,(H,24,26)(H3,23,25,28)/t19-/m1/s1. The van der Waals surface area contributed by atoms with Gasteiger partial charge in [-0.2, -0.15) is 0 Å². The molecule has 30 heavy (non-hydrogen) atoms. The Morgan fingerprint density at radius 1 is 1.00 bits per heavy atom. The minimum atomic E-state index is -0.781. The summed E-state index contributed by atoms with van der Waals surface area (Å²) in [6, 6.07) is 14.6. The topological polar surface area (TPSA) is 120 Å². The largest absolute Gasteiger partial charge is 0.457 e. The Kier molecular flexibility index (Phi) is 8.68. The number of hydrogen-bond acceptors (Lipinski definition) is 5. The maximum Gasteiger partial charge on any atom is 0.312 e. The first kappa shape index (κ1) is 22.7. The fraction of sp³-hybridized carbons (Fsp3) is 0.318. The van der Waals surface area contributed by atoms with Gasteiger partial charge < -0.3 is 25.8 Å². The summed E-state index contributed by atoms with van der Waals surface area (Å²) in [7, 11) is 0. The number of carbonyl (C=O) groups excluding carboxylic acids is 3. The van der Waals surface area contributed by atoms with Crippen LogP contribution in [0.1, 0.15) is 31.9 Å². The molecule has 2 rings (SSSR count). The lowest BCUT2D eigenvalue weighted by atomic mass is 10.0. The number of hydrogen-bond donors (Lipinski definition) is 3. The van der Waals surface area contributed by atoms with Gasteiger partial charge in [-0.15, -0.1) is 0 Å². The lowest BCUT2D eigenvalue weighted by Crippen LogP contribution is -2.35. The first-order chi connectivity index (χ1) is 14.3. The van der Waals surface area contributed by atoms with Crippen LogP contribution in [0.4, 0.5) is 4.79 Å². The SMILES string of the molecule is CC(C)CNC(=O)COC(=O)C[C@@H](NC(N)=O)c1cccc(Oc2ccccc2)c1. The minimum Gasteiger partial charge on any atom is -0.457 e. The Bertz CT molecular complexity index is 855. The fourth-order valence-electron chi connectivity index (χ4n) is 2.58. The smallest absolute Gasteiger partial charge is 0.312 e. The van der Waals surface area contributed by atoms with E-state index in [0.717, 1.165) is 0 Å². The van der Waals surface area contributed by atoms with E-state index in [0.29, 0.717) is 29.5 Å². The molecule has 0 saturated carbocycles. The quantitative estimate of drug-likeness (QED) is 0.517. The number of benzene rings is 2. The van der Waals surface area contributed by atoms with Crippen LogP contribution in [-0.2, 0) is 14.3 Å². The molecule has 0 aliphatic carbocycles. The summed E-state index contributed by atoms with van der Waals surface area (Å²) in [5.41, 5.74) is 5.87. The van der Waals surface area contributed by atoms with Gasteiger partial charge in [0.15, 0.2) is 6.61 Å². The zero-order valence-electron chi connectivity index (χ0n) is 17.1. The molecule has 0 saturated heterocycles. The zero-order valence-corrected chi connectivity index (χ0v) is 17.1. The zero-order chi connectivity index (χ0) is 21.9. The Morgan fingerprint density at radius 3 is 2.37 bits per heavy atom. The van der Waals surface area contributed by atoms with Gasteiger partial charge in [-0.3, -0.25) is 9.59 Å². The van der Waals surface area contributed by atoms with Gasteiger partial charge in [0.1, 0.15) is 11.5 Å². The number of ether oxygens (including phenoxy) is 2. The van der Waals surface area contributed by atoms with Crippen molar-refractivity contribution >= 4 is 17.9 Å². The summed E-state index contributed by atoms with van der Waals surface area (Å²) in [6.45, 7) is 4.03. The molecule has 2 aromatic carbocycles. The molecule has 160 valence electrons. The molecule has 3 amide bonds. The molecule has 0 fully saturated rings. The van der Waals surface area contributed by atoms with Gasteiger partial charge in [-0.1, -0.05) is 44.2 Å². The molecule has 4 N–H and O–H groups in total. The maximum atomic E-state index is 12.2. The number of amides is 3. The summed E-state index contributed by atoms with van der Waals surface area (Å²) >= 11 is 0. The summed E-state index contributed by atoms with van der Waals surface area (Å²) in [5, 5.41) is 5.19. The van der Waals surface area contributed by atoms with Gasteiger partial charge in [0.2, 0.25) is 0 Å². The molecule has 8 nitrogen and oxygen atoms in total. The number of nitrogens with two attached hydrogens (primary N) is 1. The van der Waals surface area contributed by atoms with Crippen molar-refractivity contribution in [1.82, 2.24) is 10.6 Å². The lowest BCUT2D eigenvalue weighted by molar-refractivity contribution is -0.149. The summed E-state index contributed by atoms with van der Waals surface area (Å²) in [5.74, 6) is 0.467. The highest BCUT2D eigenvalue weighted by Crippen LogP contribution is 2.26. The van der Waals surface area contributed by atoms with Gasteiger partial charge in [0, 0.05) is 6.54 Å². The second kappa shape index (κ2) is 11.5. The van der Waals surface area contributed by atoms with Crippen LogP contribution in [0.2, 0.25) is 0 Å². The van der Waals surface area contributed by atoms with Crippen LogP contribution in [0.3, 0.4) is 0 Å². The second-order valence-corrected chi connectivity index (χ2v) is 7.11. The van der Waals surface area contributed by atoms with Crippen molar-refractivity contribution in [2.45, 2.75) is 26.3 Å². The highest BCUT2D eigenvalue weighted by Gasteiger charge is 2.20. The third-order valence-electron chi connectivity index (χ3n) is 4.00. The highest BCUT2D eigenvalue weighted by molar-refractivity contribution is 5.81. The number of primary amides is 1. The van der Waals surface area contributed by atoms with E-state index in [1.165, 1.54) is 0 Å². The van der Waals surface area contributed by atoms with Crippen molar-refractivity contribution in [2.75, 3.05) is 13.2 Å². The third-order valence-corrected chi connectivity index (χ3v) is 4.00. The van der Waals surface area contributed by atoms with E-state index in [1.54, 1.807) is 24.3 Å². The first-order valence-corrected chi connectivity index (χ1v) is 9.64. The summed E-state index contributed by atoms with van der Waals surface area (Å²) < 4.78 is 10.8. The number of nitrogens with one attached hydrogen (secondary N) is 2. The van der Waals surface area contributed by atoms with Crippen molar-refractivity contribution in [1.29, 1.82) is 0 Å². The van der Waals surface area contributed by atoms with E-state index in [2.05, 4.69) is 10.6 Å². The van der Waals surface area contributed by atoms with Gasteiger partial charge in [0.25, 0.3) is 5.91 Å². The lowest BCUT2D eigenvalue weighted by Gasteiger charge is -2.18. The van der Waals surface area contributed by atoms with Crippen molar-refractivity contribution in [3.8, 4) is 11.5 Å². The first-order valence-electron chi connectivity index (χ1n) is 9.64. The molecule has 0 heterocycles. The van der Waals surface area contributed by atoms with Crippen molar-refractivity contribution in [2.24, 2.45) is 11.7 Å². The van der Waals surface area contributed by atoms with Gasteiger partial charge in [-0.25, -0.2) is 4.79 Å². The number of urea groups is 1. The Morgan fingerprint density at radius 2 is 1.70 bits per heavy atom. The third kappa shape index (κ3) is 8.22. The van der Waals surface area contributed by atoms with Crippen LogP contribution >= 0.6 is 0 Å². The molecule has 0 radical (unpaired) electrons. The molecule has 2 aromatic rings. The van der Waals surface area contributed by atoms with Crippen LogP contribution in [0.15, 0.2) is 54.6 Å². The minimum absolute atomic E-state index is 0.185. The molecular weight excluding hydrogens is 386 g/mol. The normalized spacial score (nSPS) is 11.4. The second-order valence-electron chi connectivity index (χ2n) is 7.11. The van der Waals surface area contributed by atoms with E-state index in [9.17, 15) is 14.4 Å². The van der Waals surface area contributed by atoms with Crippen LogP contribution in [-0.4, -0.2) is 31.1 Å². The van der Waals surface area contributed by atoms with Crippen LogP contribution < -0.4 is 21.1 Å². The molecule has 1 atom stereocenters. The molecule has 0 aliphatic heterocycles. The molecule has 0 aromatic heterocycles. The van der Waals surface area contributed by atoms with Gasteiger partial charge in [0.05, 0.1) is 12.5 Å². The van der Waals surface area contributed by atoms with Crippen molar-refractivity contribution in [3.63, 3.8) is 0 Å². The highest BCUT2D eigenvalue weighted by atomic mass is 16.5. The van der Waals surface area contributed by atoms with E-state index >= 15 is 0 Å². The van der Waals surface area contributed by atoms with Crippen LogP contribution in [0, 0.1) is 5.92 Å². The van der Waals surface area contributed by atoms with Gasteiger partial charge in [-0.05, 0) is 35.7 Å². The van der Waals surface area contributed by atoms with E-state index < -0.39 is 18.0 Å². The fourth-order valence-corrected chi connectivity index (χ4v) is 2.58. The molecule has 0 spiro atoms. The Balaban J connectivity index is 2.01. The molecule has 0 bridgehead atoms. The number of esters is 1. The maximum absolute atomic E-state index is 12.2. The van der Waals surface area contributed by atoms with Gasteiger partial charge >= 0.3 is 12.0 Å². The van der Waals surface area contributed by atoms with E-state index in [-0.39, 0.29) is 18.9 Å². The predicted molar refractivity (Wildman–Crippen MR) is 112 cm³/mol. The number of rotatable bonds is 10. The number of carbonyl (C=O) groups is 3. The molecule has 8 heteroatoms. The Labute approximate surface area is 175 Å². The molecule has 0 aliphatic rings. The molecular formula is C22H27N3O5. The monoisotopic (exact) mass is 413 g/mol. The summed E-state index contributed by atoms with van der Waals surface area (Å²) in [6.07, 6.45) is -0.185. The average molecular weight is 413 g/mol. The van der Waals surface area contributed by atoms with Crippen LogP contribution in [0.5, 0.6) is 11.5 Å². The van der Waals surface area contributed by atoms with Crippen molar-refractivity contribution < 1.29 is 23.9 Å². The van der Waals surface area contributed by atoms with Crippen LogP contribution in [0.25, 0.3) is 0 Å². The summed E-state index contributed by atoms with van der Waals surface area (Å²) in [4.78, 5) is 35.3. The van der Waals surface area contributed by atoms with E-state index in [1.807, 2.05) is 44.2 Å². The van der Waals surface area contributed by atoms with Crippen molar-refractivity contribution in [3.05, 3.63) is 60.2 Å².